The number of aliphatic hydroxyl groups excluding tert-OH is 1. The van der Waals surface area contributed by atoms with Crippen LogP contribution in [0.1, 0.15) is 11.5 Å². The van der Waals surface area contributed by atoms with Crippen LogP contribution in [0.25, 0.3) is 0 Å². The number of rotatable bonds is 5. The van der Waals surface area contributed by atoms with E-state index in [1.807, 2.05) is 14.1 Å². The van der Waals surface area contributed by atoms with Gasteiger partial charge in [0.1, 0.15) is 23.0 Å². The number of nitrogens with zero attached hydrogens (tertiary/aromatic N) is 2. The van der Waals surface area contributed by atoms with Crippen molar-refractivity contribution in [2.45, 2.75) is 24.5 Å². The van der Waals surface area contributed by atoms with Crippen molar-refractivity contribution in [3.63, 3.8) is 0 Å². The monoisotopic (exact) mass is 317 g/mol. The molecule has 8 heteroatoms. The zero-order valence-corrected chi connectivity index (χ0v) is 13.5. The zero-order chi connectivity index (χ0) is 15.6. The summed E-state index contributed by atoms with van der Waals surface area (Å²) < 4.78 is 32.5. The fourth-order valence-electron chi connectivity index (χ4n) is 2.47. The van der Waals surface area contributed by atoms with Crippen LogP contribution in [0.2, 0.25) is 0 Å². The average molecular weight is 317 g/mol. The highest BCUT2D eigenvalue weighted by molar-refractivity contribution is 7.89. The van der Waals surface area contributed by atoms with Crippen LogP contribution in [0.3, 0.4) is 0 Å². The number of sulfonamides is 1. The van der Waals surface area contributed by atoms with Gasteiger partial charge in [0.15, 0.2) is 0 Å². The summed E-state index contributed by atoms with van der Waals surface area (Å²) in [7, 11) is 0.408. The summed E-state index contributed by atoms with van der Waals surface area (Å²) in [6, 6.07) is 1.51. The Kier molecular flexibility index (Phi) is 5.05. The van der Waals surface area contributed by atoms with Crippen molar-refractivity contribution < 1.29 is 17.9 Å². The van der Waals surface area contributed by atoms with Crippen molar-refractivity contribution in [2.24, 2.45) is 0 Å². The molecule has 0 spiro atoms. The first kappa shape index (κ1) is 16.4. The van der Waals surface area contributed by atoms with Crippen LogP contribution in [0.15, 0.2) is 15.4 Å². The van der Waals surface area contributed by atoms with Gasteiger partial charge in [0.05, 0.1) is 0 Å². The summed E-state index contributed by atoms with van der Waals surface area (Å²) >= 11 is 0. The number of hydrogen-bond donors (Lipinski definition) is 2. The van der Waals surface area contributed by atoms with Gasteiger partial charge in [-0.05, 0) is 21.0 Å². The predicted molar refractivity (Wildman–Crippen MR) is 78.5 cm³/mol. The van der Waals surface area contributed by atoms with Crippen LogP contribution in [0, 0.1) is 6.92 Å². The molecule has 2 heterocycles. The second-order valence-corrected chi connectivity index (χ2v) is 7.28. The van der Waals surface area contributed by atoms with Gasteiger partial charge >= 0.3 is 0 Å². The first-order chi connectivity index (χ1) is 9.83. The third-order valence-electron chi connectivity index (χ3n) is 3.86. The number of aryl methyl sites for hydroxylation is 1. The molecule has 1 saturated heterocycles. The van der Waals surface area contributed by atoms with E-state index in [-0.39, 0.29) is 23.3 Å². The van der Waals surface area contributed by atoms with E-state index in [0.717, 1.165) is 19.6 Å². The molecule has 1 unspecified atom stereocenters. The number of piperazine rings is 1. The van der Waals surface area contributed by atoms with E-state index in [2.05, 4.69) is 14.5 Å². The maximum Gasteiger partial charge on any atom is 0.244 e. The molecule has 0 saturated carbocycles. The lowest BCUT2D eigenvalue weighted by Gasteiger charge is -2.37. The lowest BCUT2D eigenvalue weighted by Crippen LogP contribution is -2.54. The lowest BCUT2D eigenvalue weighted by atomic mass is 10.2. The minimum Gasteiger partial charge on any atom is -0.462 e. The van der Waals surface area contributed by atoms with Crippen LogP contribution < -0.4 is 4.72 Å². The minimum absolute atomic E-state index is 0.0957. The molecule has 0 aromatic carbocycles. The molecule has 1 atom stereocenters. The molecule has 0 radical (unpaired) electrons. The fourth-order valence-corrected chi connectivity index (χ4v) is 3.75. The van der Waals surface area contributed by atoms with E-state index in [9.17, 15) is 8.42 Å². The SMILES string of the molecule is Cc1oc(CO)cc1S(=O)(=O)NCC1CN(C)CCN1C. The smallest absolute Gasteiger partial charge is 0.244 e. The van der Waals surface area contributed by atoms with E-state index in [4.69, 9.17) is 9.52 Å². The molecule has 0 bridgehead atoms. The topological polar surface area (TPSA) is 86.0 Å². The van der Waals surface area contributed by atoms with Gasteiger partial charge in [0.25, 0.3) is 0 Å². The molecule has 7 nitrogen and oxygen atoms in total. The molecule has 1 aromatic rings. The van der Waals surface area contributed by atoms with Gasteiger partial charge in [-0.25, -0.2) is 13.1 Å². The van der Waals surface area contributed by atoms with Crippen molar-refractivity contribution in [2.75, 3.05) is 40.3 Å². The summed E-state index contributed by atoms with van der Waals surface area (Å²) in [6.07, 6.45) is 0. The molecule has 2 N–H and O–H groups in total. The lowest BCUT2D eigenvalue weighted by molar-refractivity contribution is 0.117. The Labute approximate surface area is 125 Å². The molecule has 1 aliphatic heterocycles. The van der Waals surface area contributed by atoms with Crippen LogP contribution in [0.4, 0.5) is 0 Å². The molecule has 1 aliphatic rings. The van der Waals surface area contributed by atoms with Crippen LogP contribution in [0.5, 0.6) is 0 Å². The Morgan fingerprint density at radius 3 is 2.76 bits per heavy atom. The highest BCUT2D eigenvalue weighted by Crippen LogP contribution is 2.20. The second kappa shape index (κ2) is 6.45. The van der Waals surface area contributed by atoms with Gasteiger partial charge in [-0.15, -0.1) is 0 Å². The van der Waals surface area contributed by atoms with Crippen molar-refractivity contribution in [1.29, 1.82) is 0 Å². The van der Waals surface area contributed by atoms with Crippen LogP contribution in [-0.2, 0) is 16.6 Å². The van der Waals surface area contributed by atoms with Gasteiger partial charge in [-0.1, -0.05) is 0 Å². The van der Waals surface area contributed by atoms with Crippen LogP contribution in [-0.4, -0.2) is 69.6 Å². The van der Waals surface area contributed by atoms with E-state index in [0.29, 0.717) is 12.3 Å². The number of hydrogen-bond acceptors (Lipinski definition) is 6. The largest absolute Gasteiger partial charge is 0.462 e. The molecule has 120 valence electrons. The van der Waals surface area contributed by atoms with Gasteiger partial charge in [-0.3, -0.25) is 4.90 Å². The number of aliphatic hydroxyl groups is 1. The van der Waals surface area contributed by atoms with Gasteiger partial charge in [-0.2, -0.15) is 0 Å². The zero-order valence-electron chi connectivity index (χ0n) is 12.7. The Morgan fingerprint density at radius 2 is 2.14 bits per heavy atom. The predicted octanol–water partition coefficient (Wildman–Crippen LogP) is -0.396. The molecular weight excluding hydrogens is 294 g/mol. The number of nitrogens with one attached hydrogen (secondary N) is 1. The number of likely N-dealkylation sites (N-methyl/N-ethyl adjacent to an activating group) is 2. The summed E-state index contributed by atoms with van der Waals surface area (Å²) in [4.78, 5) is 4.44. The normalized spacial score (nSPS) is 21.8. The van der Waals surface area contributed by atoms with Gasteiger partial charge < -0.3 is 14.4 Å². The maximum absolute atomic E-state index is 12.3. The highest BCUT2D eigenvalue weighted by atomic mass is 32.2. The molecule has 21 heavy (non-hydrogen) atoms. The summed E-state index contributed by atoms with van der Waals surface area (Å²) in [5, 5.41) is 9.02. The minimum atomic E-state index is -3.62. The van der Waals surface area contributed by atoms with Crippen molar-refractivity contribution in [3.8, 4) is 0 Å². The van der Waals surface area contributed by atoms with E-state index < -0.39 is 10.0 Å². The molecule has 1 aromatic heterocycles. The van der Waals surface area contributed by atoms with E-state index in [1.54, 1.807) is 6.92 Å². The molecule has 1 fully saturated rings. The summed E-state index contributed by atoms with van der Waals surface area (Å²) in [5.74, 6) is 0.544. The van der Waals surface area contributed by atoms with E-state index >= 15 is 0 Å². The van der Waals surface area contributed by atoms with Crippen molar-refractivity contribution >= 4 is 10.0 Å². The second-order valence-electron chi connectivity index (χ2n) is 5.54. The molecule has 0 aliphatic carbocycles. The Hall–Kier alpha value is -0.930. The Bertz CT molecular complexity index is 584. The summed E-state index contributed by atoms with van der Waals surface area (Å²) in [5.41, 5.74) is 0. The quantitative estimate of drug-likeness (QED) is 0.769. The van der Waals surface area contributed by atoms with Crippen molar-refractivity contribution in [1.82, 2.24) is 14.5 Å². The third kappa shape index (κ3) is 3.83. The highest BCUT2D eigenvalue weighted by Gasteiger charge is 2.26. The first-order valence-electron chi connectivity index (χ1n) is 6.92. The van der Waals surface area contributed by atoms with Gasteiger partial charge in [0.2, 0.25) is 10.0 Å². The fraction of sp³-hybridized carbons (Fsp3) is 0.692. The average Bonchev–Trinajstić information content (AvgIpc) is 2.82. The maximum atomic E-state index is 12.3. The standard InChI is InChI=1S/C13H23N3O4S/c1-10-13(6-12(9-17)20-10)21(18,19)14-7-11-8-15(2)4-5-16(11)3/h6,11,14,17H,4-5,7-9H2,1-3H3. The third-order valence-corrected chi connectivity index (χ3v) is 5.39. The Balaban J connectivity index is 2.05. The number of furan rings is 1. The molecule has 2 rings (SSSR count). The summed E-state index contributed by atoms with van der Waals surface area (Å²) in [6.45, 7) is 4.34. The Morgan fingerprint density at radius 1 is 1.43 bits per heavy atom. The van der Waals surface area contributed by atoms with Crippen LogP contribution >= 0.6 is 0 Å². The molecule has 0 amide bonds. The van der Waals surface area contributed by atoms with Crippen molar-refractivity contribution in [3.05, 3.63) is 17.6 Å². The molecular formula is C13H23N3O4S. The van der Waals surface area contributed by atoms with E-state index in [1.165, 1.54) is 6.07 Å². The first-order valence-corrected chi connectivity index (χ1v) is 8.40. The van der Waals surface area contributed by atoms with Gasteiger partial charge in [0, 0.05) is 38.3 Å².